The molecule has 5 nitrogen and oxygen atoms in total. The Morgan fingerprint density at radius 2 is 1.89 bits per heavy atom. The minimum atomic E-state index is -0.750. The van der Waals surface area contributed by atoms with Crippen LogP contribution in [-0.2, 0) is 0 Å². The van der Waals surface area contributed by atoms with E-state index in [0.29, 0.717) is 12.1 Å². The van der Waals surface area contributed by atoms with Gasteiger partial charge in [-0.3, -0.25) is 0 Å². The number of nitrogens with two attached hydrogens (primary N) is 1. The predicted molar refractivity (Wildman–Crippen MR) is 73.1 cm³/mol. The summed E-state index contributed by atoms with van der Waals surface area (Å²) in [6.45, 7) is 6.93. The summed E-state index contributed by atoms with van der Waals surface area (Å²) in [5, 5.41) is 21.4. The number of aliphatic hydroxyl groups is 1. The maximum atomic E-state index is 9.85. The summed E-state index contributed by atoms with van der Waals surface area (Å²) < 4.78 is 0. The summed E-state index contributed by atoms with van der Waals surface area (Å²) in [5.74, 6) is 0.0899. The first-order chi connectivity index (χ1) is 8.37. The average molecular weight is 251 g/mol. The zero-order valence-corrected chi connectivity index (χ0v) is 11.1. The third-order valence-electron chi connectivity index (χ3n) is 2.60. The van der Waals surface area contributed by atoms with Crippen molar-refractivity contribution in [2.45, 2.75) is 26.4 Å². The SMILES string of the molecule is CCN(CC(C)(C)O)c1ccc(C(N)=NO)cc1. The van der Waals surface area contributed by atoms with Crippen LogP contribution in [-0.4, -0.2) is 34.8 Å². The van der Waals surface area contributed by atoms with Crippen LogP contribution in [0.4, 0.5) is 5.69 Å². The third-order valence-corrected chi connectivity index (χ3v) is 2.60. The molecular formula is C13H21N3O2. The topological polar surface area (TPSA) is 82.1 Å². The molecule has 0 aliphatic carbocycles. The molecule has 0 unspecified atom stereocenters. The highest BCUT2D eigenvalue weighted by atomic mass is 16.4. The minimum Gasteiger partial charge on any atom is -0.409 e. The molecule has 0 aliphatic heterocycles. The quantitative estimate of drug-likeness (QED) is 0.319. The fraction of sp³-hybridized carbons (Fsp3) is 0.462. The van der Waals surface area contributed by atoms with E-state index in [2.05, 4.69) is 10.1 Å². The minimum absolute atomic E-state index is 0.0899. The van der Waals surface area contributed by atoms with Crippen molar-refractivity contribution in [3.05, 3.63) is 29.8 Å². The van der Waals surface area contributed by atoms with Gasteiger partial charge in [0.25, 0.3) is 0 Å². The van der Waals surface area contributed by atoms with Gasteiger partial charge in [0.2, 0.25) is 0 Å². The van der Waals surface area contributed by atoms with Crippen LogP contribution in [0, 0.1) is 0 Å². The zero-order chi connectivity index (χ0) is 13.8. The van der Waals surface area contributed by atoms with Crippen molar-refractivity contribution < 1.29 is 10.3 Å². The standard InChI is InChI=1S/C13H21N3O2/c1-4-16(9-13(2,3)17)11-7-5-10(6-8-11)12(14)15-18/h5-8,17-18H,4,9H2,1-3H3,(H2,14,15). The Morgan fingerprint density at radius 1 is 1.33 bits per heavy atom. The number of hydrogen-bond acceptors (Lipinski definition) is 4. The number of amidine groups is 1. The first-order valence-electron chi connectivity index (χ1n) is 5.92. The summed E-state index contributed by atoms with van der Waals surface area (Å²) >= 11 is 0. The van der Waals surface area contributed by atoms with E-state index < -0.39 is 5.60 Å². The molecule has 4 N–H and O–H groups in total. The van der Waals surface area contributed by atoms with Gasteiger partial charge in [0.1, 0.15) is 0 Å². The molecule has 0 aliphatic rings. The number of nitrogens with zero attached hydrogens (tertiary/aromatic N) is 2. The smallest absolute Gasteiger partial charge is 0.170 e. The normalized spacial score (nSPS) is 12.6. The van der Waals surface area contributed by atoms with Crippen LogP contribution in [0.15, 0.2) is 29.4 Å². The van der Waals surface area contributed by atoms with Gasteiger partial charge in [-0.15, -0.1) is 0 Å². The number of hydrogen-bond donors (Lipinski definition) is 3. The van der Waals surface area contributed by atoms with E-state index in [1.807, 2.05) is 19.1 Å². The molecule has 0 amide bonds. The van der Waals surface area contributed by atoms with Gasteiger partial charge in [-0.1, -0.05) is 5.16 Å². The van der Waals surface area contributed by atoms with Crippen molar-refractivity contribution in [2.75, 3.05) is 18.0 Å². The van der Waals surface area contributed by atoms with E-state index in [1.165, 1.54) is 0 Å². The van der Waals surface area contributed by atoms with E-state index >= 15 is 0 Å². The van der Waals surface area contributed by atoms with Gasteiger partial charge < -0.3 is 20.9 Å². The second-order valence-electron chi connectivity index (χ2n) is 4.86. The summed E-state index contributed by atoms with van der Waals surface area (Å²) in [4.78, 5) is 2.07. The Bertz CT molecular complexity index is 407. The molecule has 0 spiro atoms. The number of oxime groups is 1. The third kappa shape index (κ3) is 3.92. The number of rotatable bonds is 5. The molecule has 1 aromatic rings. The fourth-order valence-electron chi connectivity index (χ4n) is 1.75. The van der Waals surface area contributed by atoms with E-state index in [9.17, 15) is 5.11 Å². The molecule has 100 valence electrons. The highest BCUT2D eigenvalue weighted by Gasteiger charge is 2.17. The van der Waals surface area contributed by atoms with E-state index in [0.717, 1.165) is 12.2 Å². The number of likely N-dealkylation sites (N-methyl/N-ethyl adjacent to an activating group) is 1. The second-order valence-corrected chi connectivity index (χ2v) is 4.86. The molecular weight excluding hydrogens is 230 g/mol. The molecule has 0 bridgehead atoms. The highest BCUT2D eigenvalue weighted by Crippen LogP contribution is 2.17. The van der Waals surface area contributed by atoms with Crippen LogP contribution >= 0.6 is 0 Å². The molecule has 0 heterocycles. The monoisotopic (exact) mass is 251 g/mol. The Morgan fingerprint density at radius 3 is 2.28 bits per heavy atom. The fourth-order valence-corrected chi connectivity index (χ4v) is 1.75. The lowest BCUT2D eigenvalue weighted by Gasteiger charge is -2.30. The molecule has 1 rings (SSSR count). The molecule has 1 aromatic carbocycles. The Kier molecular flexibility index (Phi) is 4.55. The molecule has 0 saturated heterocycles. The first-order valence-corrected chi connectivity index (χ1v) is 5.92. The van der Waals surface area contributed by atoms with Crippen molar-refractivity contribution >= 4 is 11.5 Å². The van der Waals surface area contributed by atoms with Gasteiger partial charge in [0.15, 0.2) is 5.84 Å². The lowest BCUT2D eigenvalue weighted by Crippen LogP contribution is -2.38. The van der Waals surface area contributed by atoms with Crippen LogP contribution in [0.3, 0.4) is 0 Å². The molecule has 18 heavy (non-hydrogen) atoms. The number of benzene rings is 1. The van der Waals surface area contributed by atoms with Gasteiger partial charge in [-0.05, 0) is 45.0 Å². The van der Waals surface area contributed by atoms with Crippen molar-refractivity contribution in [3.8, 4) is 0 Å². The van der Waals surface area contributed by atoms with Crippen LogP contribution in [0.2, 0.25) is 0 Å². The maximum Gasteiger partial charge on any atom is 0.170 e. The van der Waals surface area contributed by atoms with Gasteiger partial charge in [-0.25, -0.2) is 0 Å². The molecule has 0 atom stereocenters. The van der Waals surface area contributed by atoms with E-state index in [1.54, 1.807) is 26.0 Å². The highest BCUT2D eigenvalue weighted by molar-refractivity contribution is 5.97. The van der Waals surface area contributed by atoms with Gasteiger partial charge >= 0.3 is 0 Å². The average Bonchev–Trinajstić information content (AvgIpc) is 2.34. The van der Waals surface area contributed by atoms with Crippen molar-refractivity contribution in [3.63, 3.8) is 0 Å². The largest absolute Gasteiger partial charge is 0.409 e. The maximum absolute atomic E-state index is 9.85. The molecule has 0 aromatic heterocycles. The summed E-state index contributed by atoms with van der Waals surface area (Å²) in [7, 11) is 0. The molecule has 0 saturated carbocycles. The van der Waals surface area contributed by atoms with Crippen LogP contribution < -0.4 is 10.6 Å². The summed E-state index contributed by atoms with van der Waals surface area (Å²) in [5.41, 5.74) is 6.41. The van der Waals surface area contributed by atoms with Crippen molar-refractivity contribution in [1.82, 2.24) is 0 Å². The van der Waals surface area contributed by atoms with E-state index in [-0.39, 0.29) is 5.84 Å². The Hall–Kier alpha value is -1.75. The van der Waals surface area contributed by atoms with Crippen LogP contribution in [0.5, 0.6) is 0 Å². The Balaban J connectivity index is 2.89. The second kappa shape index (κ2) is 5.73. The lowest BCUT2D eigenvalue weighted by atomic mass is 10.1. The van der Waals surface area contributed by atoms with Crippen LogP contribution in [0.1, 0.15) is 26.3 Å². The molecule has 5 heteroatoms. The summed E-state index contributed by atoms with van der Waals surface area (Å²) in [6.07, 6.45) is 0. The van der Waals surface area contributed by atoms with Crippen molar-refractivity contribution in [1.29, 1.82) is 0 Å². The van der Waals surface area contributed by atoms with E-state index in [4.69, 9.17) is 10.9 Å². The number of anilines is 1. The molecule has 0 fully saturated rings. The first kappa shape index (κ1) is 14.3. The van der Waals surface area contributed by atoms with Crippen LogP contribution in [0.25, 0.3) is 0 Å². The Labute approximate surface area is 108 Å². The van der Waals surface area contributed by atoms with Gasteiger partial charge in [-0.2, -0.15) is 0 Å². The van der Waals surface area contributed by atoms with Crippen molar-refractivity contribution in [2.24, 2.45) is 10.9 Å². The van der Waals surface area contributed by atoms with Gasteiger partial charge in [0.05, 0.1) is 5.60 Å². The van der Waals surface area contributed by atoms with Gasteiger partial charge in [0, 0.05) is 24.3 Å². The lowest BCUT2D eigenvalue weighted by molar-refractivity contribution is 0.0876. The summed E-state index contributed by atoms with van der Waals surface area (Å²) in [6, 6.07) is 7.36. The molecule has 0 radical (unpaired) electrons. The predicted octanol–water partition coefficient (Wildman–Crippen LogP) is 1.38. The zero-order valence-electron chi connectivity index (χ0n) is 11.1.